The lowest BCUT2D eigenvalue weighted by atomic mass is 10.2. The van der Waals surface area contributed by atoms with Crippen LogP contribution in [-0.2, 0) is 4.74 Å². The summed E-state index contributed by atoms with van der Waals surface area (Å²) in [6.45, 7) is -0.582. The van der Waals surface area contributed by atoms with Crippen LogP contribution in [0.15, 0.2) is 0 Å². The number of rotatable bonds is 0. The largest absolute Gasteiger partial charge is 0.391 e. The maximum Gasteiger partial charge on any atom is 0.0774 e. The van der Waals surface area contributed by atoms with Crippen molar-refractivity contribution in [1.82, 2.24) is 0 Å². The fraction of sp³-hybridized carbons (Fsp3) is 1.00. The van der Waals surface area contributed by atoms with E-state index >= 15 is 0 Å². The van der Waals surface area contributed by atoms with E-state index in [9.17, 15) is 0 Å². The molecule has 1 aliphatic heterocycles. The fourth-order valence-corrected chi connectivity index (χ4v) is 0.551. The summed E-state index contributed by atoms with van der Waals surface area (Å²) in [5.74, 6) is 0. The molecule has 0 aromatic carbocycles. The third-order valence-electron chi connectivity index (χ3n) is 0.914. The van der Waals surface area contributed by atoms with E-state index in [0.29, 0.717) is 19.4 Å². The molecule has 1 saturated heterocycles. The first kappa shape index (κ1) is 3.05. The van der Waals surface area contributed by atoms with Gasteiger partial charge in [-0.15, -0.1) is 0 Å². The summed E-state index contributed by atoms with van der Waals surface area (Å²) in [6, 6.07) is 0. The lowest BCUT2D eigenvalue weighted by molar-refractivity contribution is -0.00535. The highest BCUT2D eigenvalue weighted by molar-refractivity contribution is 4.57. The van der Waals surface area contributed by atoms with Crippen molar-refractivity contribution in [3.8, 4) is 0 Å². The molecule has 1 rings (SSSR count). The Hall–Kier alpha value is -0.0800. The fourth-order valence-electron chi connectivity index (χ4n) is 0.551. The van der Waals surface area contributed by atoms with E-state index in [1.54, 1.807) is 0 Å². The monoisotopic (exact) mass is 104 g/mol. The summed E-state index contributed by atoms with van der Waals surface area (Å²) in [6.07, 6.45) is -0.644. The topological polar surface area (TPSA) is 29.5 Å². The van der Waals surface area contributed by atoms with Crippen LogP contribution < -0.4 is 0 Å². The first-order chi connectivity index (χ1) is 4.13. The van der Waals surface area contributed by atoms with Gasteiger partial charge in [-0.2, -0.15) is 0 Å². The van der Waals surface area contributed by atoms with E-state index in [1.165, 1.54) is 0 Å². The minimum atomic E-state index is -1.67. The van der Waals surface area contributed by atoms with Gasteiger partial charge in [0.25, 0.3) is 0 Å². The zero-order valence-corrected chi connectivity index (χ0v) is 4.05. The van der Waals surface area contributed by atoms with Crippen molar-refractivity contribution in [1.29, 1.82) is 0 Å². The Bertz CT molecular complexity index is 105. The molecule has 0 saturated carbocycles. The van der Waals surface area contributed by atoms with Gasteiger partial charge in [0, 0.05) is 6.61 Å². The van der Waals surface area contributed by atoms with Crippen molar-refractivity contribution in [2.45, 2.75) is 18.9 Å². The molecule has 1 fully saturated rings. The minimum Gasteiger partial charge on any atom is -0.391 e. The van der Waals surface area contributed by atoms with Gasteiger partial charge in [-0.05, 0) is 12.8 Å². The predicted molar refractivity (Wildman–Crippen MR) is 26.1 cm³/mol. The lowest BCUT2D eigenvalue weighted by Gasteiger charge is -2.15. The molecule has 7 heavy (non-hydrogen) atoms. The van der Waals surface area contributed by atoms with Crippen LogP contribution in [0.3, 0.4) is 0 Å². The molecule has 0 spiro atoms. The number of hydrogen-bond acceptors (Lipinski definition) is 2. The predicted octanol–water partition coefficient (Wildman–Crippen LogP) is 0.158. The van der Waals surface area contributed by atoms with Crippen LogP contribution in [0.5, 0.6) is 0 Å². The van der Waals surface area contributed by atoms with Gasteiger partial charge >= 0.3 is 0 Å². The Morgan fingerprint density at radius 2 is 2.86 bits per heavy atom. The van der Waals surface area contributed by atoms with E-state index in [1.807, 2.05) is 0 Å². The molecule has 1 N–H and O–H groups in total. The number of ether oxygens (including phenoxy) is 1. The molecule has 0 radical (unpaired) electrons. The zero-order chi connectivity index (χ0) is 6.91. The van der Waals surface area contributed by atoms with Crippen molar-refractivity contribution >= 4 is 0 Å². The average Bonchev–Trinajstić information content (AvgIpc) is 1.77. The second-order valence-electron chi connectivity index (χ2n) is 1.58. The average molecular weight is 104 g/mol. The maximum absolute atomic E-state index is 9.00. The zero-order valence-electron chi connectivity index (χ0n) is 6.05. The van der Waals surface area contributed by atoms with E-state index in [4.69, 9.17) is 12.6 Å². The summed E-state index contributed by atoms with van der Waals surface area (Å²) in [7, 11) is 0. The Labute approximate surface area is 45.9 Å². The quantitative estimate of drug-likeness (QED) is 0.474. The van der Waals surface area contributed by atoms with E-state index in [-0.39, 0.29) is 0 Å². The molecular weight excluding hydrogens is 92.1 g/mol. The van der Waals surface area contributed by atoms with Crippen LogP contribution in [0.2, 0.25) is 0 Å². The molecule has 0 aromatic heterocycles. The molecule has 2 atom stereocenters. The van der Waals surface area contributed by atoms with Gasteiger partial charge in [-0.25, -0.2) is 0 Å². The van der Waals surface area contributed by atoms with E-state index in [2.05, 4.69) is 0 Å². The van der Waals surface area contributed by atoms with Gasteiger partial charge in [0.05, 0.1) is 15.4 Å². The summed E-state index contributed by atoms with van der Waals surface area (Å²) in [5.41, 5.74) is 0. The molecule has 2 nitrogen and oxygen atoms in total. The molecule has 42 valence electrons. The van der Waals surface area contributed by atoms with Gasteiger partial charge < -0.3 is 9.84 Å². The van der Waals surface area contributed by atoms with E-state index in [0.717, 1.165) is 0 Å². The molecule has 2 unspecified atom stereocenters. The van der Waals surface area contributed by atoms with Crippen LogP contribution in [0.25, 0.3) is 0 Å². The number of aliphatic hydroxyl groups is 1. The summed E-state index contributed by atoms with van der Waals surface area (Å²) < 4.78 is 18.8. The van der Waals surface area contributed by atoms with Crippen LogP contribution >= 0.6 is 0 Å². The minimum absolute atomic E-state index is 0.348. The third-order valence-corrected chi connectivity index (χ3v) is 0.914. The third kappa shape index (κ3) is 1.45. The maximum atomic E-state index is 9.00. The smallest absolute Gasteiger partial charge is 0.0774 e. The van der Waals surface area contributed by atoms with Crippen LogP contribution in [0.1, 0.15) is 15.6 Å². The molecule has 0 aromatic rings. The van der Waals surface area contributed by atoms with Crippen LogP contribution in [-0.4, -0.2) is 24.4 Å². The van der Waals surface area contributed by atoms with Gasteiger partial charge in [-0.3, -0.25) is 0 Å². The standard InChI is InChI=1S/C5H10O2/c6-5-2-1-3-7-4-5/h5-6H,1-4H2/i4D,5D. The van der Waals surface area contributed by atoms with Crippen molar-refractivity contribution in [3.05, 3.63) is 0 Å². The molecule has 2 heteroatoms. The van der Waals surface area contributed by atoms with Crippen LogP contribution in [0, 0.1) is 0 Å². The first-order valence-corrected chi connectivity index (χ1v) is 2.39. The molecule has 0 amide bonds. The van der Waals surface area contributed by atoms with Gasteiger partial charge in [-0.1, -0.05) is 0 Å². The highest BCUT2D eigenvalue weighted by Crippen LogP contribution is 2.03. The normalized spacial score (nSPS) is 58.1. The summed E-state index contributed by atoms with van der Waals surface area (Å²) >= 11 is 0. The van der Waals surface area contributed by atoms with Crippen molar-refractivity contribution in [2.75, 3.05) is 13.2 Å². The molecular formula is C5H10O2. The molecule has 0 aliphatic carbocycles. The Balaban J connectivity index is 2.49. The first-order valence-electron chi connectivity index (χ1n) is 3.47. The highest BCUT2D eigenvalue weighted by Gasteiger charge is 2.07. The molecule has 1 heterocycles. The second kappa shape index (κ2) is 2.28. The Morgan fingerprint density at radius 1 is 2.00 bits per heavy atom. The van der Waals surface area contributed by atoms with Gasteiger partial charge in [0.2, 0.25) is 0 Å². The summed E-state index contributed by atoms with van der Waals surface area (Å²) in [4.78, 5) is 0. The van der Waals surface area contributed by atoms with Crippen LogP contribution in [0.4, 0.5) is 0 Å². The number of hydrogen-bond donors (Lipinski definition) is 1. The second-order valence-corrected chi connectivity index (χ2v) is 1.58. The SMILES string of the molecule is [2H]C1OCCCC1([2H])O. The molecule has 0 bridgehead atoms. The van der Waals surface area contributed by atoms with Gasteiger partial charge in [0.1, 0.15) is 0 Å². The summed E-state index contributed by atoms with van der Waals surface area (Å²) in [5, 5.41) is 9.00. The van der Waals surface area contributed by atoms with Crippen molar-refractivity contribution in [2.24, 2.45) is 0 Å². The van der Waals surface area contributed by atoms with Crippen molar-refractivity contribution in [3.63, 3.8) is 0 Å². The molecule has 1 aliphatic rings. The van der Waals surface area contributed by atoms with E-state index < -0.39 is 12.7 Å². The Morgan fingerprint density at radius 3 is 3.29 bits per heavy atom. The lowest BCUT2D eigenvalue weighted by Crippen LogP contribution is -2.21. The Kier molecular flexibility index (Phi) is 0.995. The van der Waals surface area contributed by atoms with Gasteiger partial charge in [0.15, 0.2) is 0 Å². The van der Waals surface area contributed by atoms with Crippen molar-refractivity contribution < 1.29 is 12.6 Å². The highest BCUT2D eigenvalue weighted by atomic mass is 16.5.